The van der Waals surface area contributed by atoms with E-state index in [1.165, 1.54) is 0 Å². The highest BCUT2D eigenvalue weighted by atomic mass is 35.5. The highest BCUT2D eigenvalue weighted by Crippen LogP contribution is 2.48. The highest BCUT2D eigenvalue weighted by Gasteiger charge is 2.42. The molecule has 186 valence electrons. The Hall–Kier alpha value is -4.62. The average molecular weight is 519 g/mol. The maximum atomic E-state index is 6.45. The molecule has 0 aliphatic carbocycles. The van der Waals surface area contributed by atoms with Crippen LogP contribution in [0.1, 0.15) is 28.6 Å². The monoisotopic (exact) mass is 518 g/mol. The fraction of sp³-hybridized carbons (Fsp3) is 0.100. The predicted molar refractivity (Wildman–Crippen MR) is 152 cm³/mol. The van der Waals surface area contributed by atoms with Gasteiger partial charge >= 0.3 is 0 Å². The molecule has 2 aliphatic rings. The van der Waals surface area contributed by atoms with Gasteiger partial charge in [-0.1, -0.05) is 48.0 Å². The molecule has 1 unspecified atom stereocenters. The first-order chi connectivity index (χ1) is 18.6. The molecule has 0 saturated carbocycles. The van der Waals surface area contributed by atoms with Crippen LogP contribution in [0.4, 0.5) is 22.9 Å². The number of hydrogen-bond acceptors (Lipinski definition) is 6. The van der Waals surface area contributed by atoms with Crippen molar-refractivity contribution in [2.45, 2.75) is 19.9 Å². The first kappa shape index (κ1) is 22.6. The minimum atomic E-state index is -0.292. The molecule has 3 aromatic carbocycles. The van der Waals surface area contributed by atoms with Crippen molar-refractivity contribution in [2.75, 3.05) is 10.2 Å². The Kier molecular flexibility index (Phi) is 5.19. The highest BCUT2D eigenvalue weighted by molar-refractivity contribution is 6.51. The van der Waals surface area contributed by atoms with Gasteiger partial charge in [0.2, 0.25) is 0 Å². The van der Waals surface area contributed by atoms with Gasteiger partial charge in [-0.3, -0.25) is 0 Å². The van der Waals surface area contributed by atoms with Crippen molar-refractivity contribution in [3.05, 3.63) is 119 Å². The van der Waals surface area contributed by atoms with E-state index in [9.17, 15) is 0 Å². The van der Waals surface area contributed by atoms with Gasteiger partial charge in [0, 0.05) is 10.7 Å². The summed E-state index contributed by atoms with van der Waals surface area (Å²) in [7, 11) is 0. The Balaban J connectivity index is 1.48. The lowest BCUT2D eigenvalue weighted by Crippen LogP contribution is -2.46. The molecule has 2 aliphatic heterocycles. The second-order valence-electron chi connectivity index (χ2n) is 9.33. The van der Waals surface area contributed by atoms with Crippen molar-refractivity contribution < 1.29 is 4.42 Å². The van der Waals surface area contributed by atoms with Gasteiger partial charge in [-0.2, -0.15) is 5.10 Å². The molecule has 0 radical (unpaired) electrons. The SMILES string of the molecule is Cc1ccc(NC2=Nc3ccccc3N3C2=Nc2c(c(C)nn2-c2ccccc2)C3c2ccco2)cc1Cl. The molecular weight excluding hydrogens is 496 g/mol. The van der Waals surface area contributed by atoms with Gasteiger partial charge in [-0.05, 0) is 67.9 Å². The molecule has 0 spiro atoms. The number of anilines is 2. The van der Waals surface area contributed by atoms with Crippen LogP contribution >= 0.6 is 11.6 Å². The molecular formula is C30H23ClN6O. The summed E-state index contributed by atoms with van der Waals surface area (Å²) in [5, 5.41) is 9.10. The number of rotatable bonds is 3. The van der Waals surface area contributed by atoms with Crippen LogP contribution in [0.3, 0.4) is 0 Å². The zero-order valence-electron chi connectivity index (χ0n) is 20.8. The van der Waals surface area contributed by atoms with E-state index >= 15 is 0 Å². The number of aromatic nitrogens is 2. The first-order valence-corrected chi connectivity index (χ1v) is 12.7. The maximum Gasteiger partial charge on any atom is 0.179 e. The number of benzene rings is 3. The zero-order valence-corrected chi connectivity index (χ0v) is 21.5. The summed E-state index contributed by atoms with van der Waals surface area (Å²) >= 11 is 6.45. The summed E-state index contributed by atoms with van der Waals surface area (Å²) in [5.41, 5.74) is 6.41. The largest absolute Gasteiger partial charge is 0.467 e. The van der Waals surface area contributed by atoms with Crippen LogP contribution in [0.15, 0.2) is 106 Å². The molecule has 2 aromatic heterocycles. The number of halogens is 1. The van der Waals surface area contributed by atoms with Crippen LogP contribution in [-0.4, -0.2) is 21.5 Å². The lowest BCUT2D eigenvalue weighted by Gasteiger charge is -2.39. The summed E-state index contributed by atoms with van der Waals surface area (Å²) in [6, 6.07) is 27.6. The molecule has 8 heteroatoms. The number of hydrogen-bond donors (Lipinski definition) is 1. The van der Waals surface area contributed by atoms with E-state index in [1.807, 2.05) is 97.4 Å². The minimum Gasteiger partial charge on any atom is -0.467 e. The van der Waals surface area contributed by atoms with Crippen LogP contribution in [0.2, 0.25) is 5.02 Å². The molecule has 0 saturated heterocycles. The molecule has 0 amide bonds. The number of para-hydroxylation sites is 3. The number of aryl methyl sites for hydroxylation is 2. The third-order valence-electron chi connectivity index (χ3n) is 6.89. The van der Waals surface area contributed by atoms with E-state index in [2.05, 4.69) is 16.3 Å². The summed E-state index contributed by atoms with van der Waals surface area (Å²) < 4.78 is 7.93. The Bertz CT molecular complexity index is 1740. The van der Waals surface area contributed by atoms with Gasteiger partial charge in [0.25, 0.3) is 0 Å². The third-order valence-corrected chi connectivity index (χ3v) is 7.29. The van der Waals surface area contributed by atoms with Crippen molar-refractivity contribution >= 4 is 46.2 Å². The minimum absolute atomic E-state index is 0.292. The van der Waals surface area contributed by atoms with Gasteiger partial charge < -0.3 is 14.6 Å². The van der Waals surface area contributed by atoms with Gasteiger partial charge in [0.1, 0.15) is 11.8 Å². The van der Waals surface area contributed by atoms with Crippen molar-refractivity contribution in [1.29, 1.82) is 0 Å². The number of fused-ring (bicyclic) bond motifs is 4. The van der Waals surface area contributed by atoms with Crippen LogP contribution in [-0.2, 0) is 0 Å². The van der Waals surface area contributed by atoms with Gasteiger partial charge in [-0.25, -0.2) is 14.7 Å². The van der Waals surface area contributed by atoms with Gasteiger partial charge in [-0.15, -0.1) is 0 Å². The zero-order chi connectivity index (χ0) is 25.8. The van der Waals surface area contributed by atoms with Crippen molar-refractivity contribution in [1.82, 2.24) is 9.78 Å². The molecule has 5 aromatic rings. The third kappa shape index (κ3) is 3.55. The number of furan rings is 1. The van der Waals surface area contributed by atoms with Gasteiger partial charge in [0.15, 0.2) is 17.5 Å². The molecule has 0 fully saturated rings. The molecule has 7 nitrogen and oxygen atoms in total. The second-order valence-corrected chi connectivity index (χ2v) is 9.74. The van der Waals surface area contributed by atoms with Crippen LogP contribution in [0.25, 0.3) is 5.69 Å². The van der Waals surface area contributed by atoms with E-state index in [0.29, 0.717) is 16.7 Å². The summed E-state index contributed by atoms with van der Waals surface area (Å²) in [6.07, 6.45) is 1.70. The lowest BCUT2D eigenvalue weighted by atomic mass is 9.98. The summed E-state index contributed by atoms with van der Waals surface area (Å²) in [6.45, 7) is 4.00. The quantitative estimate of drug-likeness (QED) is 0.268. The molecule has 1 atom stereocenters. The van der Waals surface area contributed by atoms with Crippen LogP contribution < -0.4 is 10.2 Å². The van der Waals surface area contributed by atoms with E-state index in [-0.39, 0.29) is 6.04 Å². The first-order valence-electron chi connectivity index (χ1n) is 12.4. The fourth-order valence-electron chi connectivity index (χ4n) is 5.07. The normalized spacial score (nSPS) is 15.8. The van der Waals surface area contributed by atoms with Crippen LogP contribution in [0.5, 0.6) is 0 Å². The Morgan fingerprint density at radius 3 is 2.50 bits per heavy atom. The number of nitrogens with one attached hydrogen (secondary N) is 1. The number of aliphatic imine (C=N–C) groups is 2. The smallest absolute Gasteiger partial charge is 0.179 e. The summed E-state index contributed by atoms with van der Waals surface area (Å²) in [4.78, 5) is 12.4. The number of amidine groups is 2. The average Bonchev–Trinajstić information content (AvgIpc) is 3.59. The summed E-state index contributed by atoms with van der Waals surface area (Å²) in [5.74, 6) is 2.83. The Morgan fingerprint density at radius 2 is 1.71 bits per heavy atom. The molecule has 0 bridgehead atoms. The van der Waals surface area contributed by atoms with E-state index in [1.54, 1.807) is 6.26 Å². The maximum absolute atomic E-state index is 6.45. The topological polar surface area (TPSA) is 71.0 Å². The van der Waals surface area contributed by atoms with Crippen molar-refractivity contribution in [2.24, 2.45) is 9.98 Å². The fourth-order valence-corrected chi connectivity index (χ4v) is 5.25. The molecule has 38 heavy (non-hydrogen) atoms. The lowest BCUT2D eigenvalue weighted by molar-refractivity contribution is 0.487. The van der Waals surface area contributed by atoms with E-state index in [0.717, 1.165) is 51.1 Å². The number of nitrogens with zero attached hydrogens (tertiary/aromatic N) is 5. The standard InChI is InChI=1S/C30H23ClN6O/c1-18-14-15-20(17-22(18)31)32-28-30-34-29-26(19(2)35-37(29)21-9-4-3-5-10-21)27(25-13-8-16-38-25)36(30)24-12-7-6-11-23(24)33-28/h3-17,27H,1-2H3,(H,32,33). The van der Waals surface area contributed by atoms with Crippen LogP contribution in [0, 0.1) is 13.8 Å². The van der Waals surface area contributed by atoms with Crippen molar-refractivity contribution in [3.63, 3.8) is 0 Å². The second kappa shape index (κ2) is 8.75. The molecule has 1 N–H and O–H groups in total. The Morgan fingerprint density at radius 1 is 0.895 bits per heavy atom. The molecule has 4 heterocycles. The van der Waals surface area contributed by atoms with Crippen molar-refractivity contribution in [3.8, 4) is 5.69 Å². The molecule has 7 rings (SSSR count). The predicted octanol–water partition coefficient (Wildman–Crippen LogP) is 7.53. The van der Waals surface area contributed by atoms with E-state index in [4.69, 9.17) is 31.1 Å². The van der Waals surface area contributed by atoms with Gasteiger partial charge in [0.05, 0.1) is 34.6 Å². The Labute approximate surface area is 224 Å². The van der Waals surface area contributed by atoms with E-state index < -0.39 is 0 Å².